The van der Waals surface area contributed by atoms with Gasteiger partial charge in [0.1, 0.15) is 0 Å². The Morgan fingerprint density at radius 3 is 2.48 bits per heavy atom. The van der Waals surface area contributed by atoms with Gasteiger partial charge in [0.05, 0.1) is 11.7 Å². The molecule has 1 saturated carbocycles. The minimum Gasteiger partial charge on any atom is -0.478 e. The predicted molar refractivity (Wildman–Crippen MR) is 93.1 cm³/mol. The molecule has 1 fully saturated rings. The molecule has 0 saturated heterocycles. The number of carboxylic acids is 1. The van der Waals surface area contributed by atoms with Crippen molar-refractivity contribution < 1.29 is 15.0 Å². The van der Waals surface area contributed by atoms with Gasteiger partial charge in [0.2, 0.25) is 0 Å². The molecule has 0 aliphatic heterocycles. The second-order valence-corrected chi connectivity index (χ2v) is 7.81. The van der Waals surface area contributed by atoms with Crippen LogP contribution in [0.5, 0.6) is 0 Å². The Labute approximate surface area is 139 Å². The number of carboxylic acid groups (broad SMARTS) is 1. The van der Waals surface area contributed by atoms with E-state index in [1.807, 2.05) is 19.1 Å². The molecule has 3 unspecified atom stereocenters. The first-order valence-electron chi connectivity index (χ1n) is 8.67. The van der Waals surface area contributed by atoms with E-state index in [2.05, 4.69) is 26.8 Å². The van der Waals surface area contributed by atoms with Gasteiger partial charge >= 0.3 is 5.97 Å². The molecule has 0 aromatic heterocycles. The van der Waals surface area contributed by atoms with E-state index in [0.29, 0.717) is 12.3 Å². The lowest BCUT2D eigenvalue weighted by atomic mass is 9.99. The molecule has 2 N–H and O–H groups in total. The zero-order valence-corrected chi connectivity index (χ0v) is 14.8. The van der Waals surface area contributed by atoms with Crippen LogP contribution in [0, 0.1) is 17.3 Å². The third-order valence-corrected chi connectivity index (χ3v) is 5.67. The Bertz CT molecular complexity index is 551. The van der Waals surface area contributed by atoms with E-state index in [-0.39, 0.29) is 16.9 Å². The molecule has 23 heavy (non-hydrogen) atoms. The number of allylic oxidation sites excluding steroid dienone is 4. The third-order valence-electron chi connectivity index (χ3n) is 5.67. The van der Waals surface area contributed by atoms with Gasteiger partial charge in [-0.1, -0.05) is 43.2 Å². The van der Waals surface area contributed by atoms with E-state index < -0.39 is 12.1 Å². The first kappa shape index (κ1) is 18.0. The van der Waals surface area contributed by atoms with Crippen LogP contribution in [-0.2, 0) is 4.79 Å². The van der Waals surface area contributed by atoms with Crippen molar-refractivity contribution in [2.24, 2.45) is 17.3 Å². The summed E-state index contributed by atoms with van der Waals surface area (Å²) in [4.78, 5) is 11.6. The summed E-state index contributed by atoms with van der Waals surface area (Å²) in [5.74, 6) is -0.232. The summed E-state index contributed by atoms with van der Waals surface area (Å²) in [5.41, 5.74) is 2.93. The van der Waals surface area contributed by atoms with Gasteiger partial charge in [-0.05, 0) is 63.2 Å². The van der Waals surface area contributed by atoms with Crippen molar-refractivity contribution in [2.45, 2.75) is 65.9 Å². The van der Waals surface area contributed by atoms with Crippen LogP contribution >= 0.6 is 0 Å². The van der Waals surface area contributed by atoms with Gasteiger partial charge in [-0.2, -0.15) is 0 Å². The lowest BCUT2D eigenvalue weighted by Crippen LogP contribution is -2.18. The molecule has 0 aromatic rings. The summed E-state index contributed by atoms with van der Waals surface area (Å²) in [6, 6.07) is 0. The van der Waals surface area contributed by atoms with Crippen molar-refractivity contribution in [3.05, 3.63) is 34.9 Å². The highest BCUT2D eigenvalue weighted by Gasteiger charge is 2.55. The molecular formula is C20H30O3. The van der Waals surface area contributed by atoms with E-state index in [9.17, 15) is 15.0 Å². The van der Waals surface area contributed by atoms with Crippen LogP contribution in [-0.4, -0.2) is 22.3 Å². The summed E-state index contributed by atoms with van der Waals surface area (Å²) in [6.45, 7) is 8.64. The molecule has 3 heteroatoms. The quantitative estimate of drug-likeness (QED) is 0.700. The number of rotatable bonds is 1. The summed E-state index contributed by atoms with van der Waals surface area (Å²) in [5, 5.41) is 19.8. The molecule has 0 radical (unpaired) electrons. The SMILES string of the molecule is CC1=CCC(O)C(C(=O)O)=CC2C(CCC(C)=CCC1)C2(C)C. The largest absolute Gasteiger partial charge is 0.478 e. The van der Waals surface area contributed by atoms with Gasteiger partial charge < -0.3 is 10.2 Å². The predicted octanol–water partition coefficient (Wildman–Crippen LogP) is 4.49. The Balaban J connectivity index is 2.27. The van der Waals surface area contributed by atoms with Gasteiger partial charge in [0.15, 0.2) is 0 Å². The fourth-order valence-corrected chi connectivity index (χ4v) is 3.76. The maximum Gasteiger partial charge on any atom is 0.333 e. The molecule has 0 heterocycles. The average Bonchev–Trinajstić information content (AvgIpc) is 2.98. The zero-order valence-electron chi connectivity index (χ0n) is 14.8. The highest BCUT2D eigenvalue weighted by Crippen LogP contribution is 2.61. The van der Waals surface area contributed by atoms with Crippen LogP contribution in [0.4, 0.5) is 0 Å². The van der Waals surface area contributed by atoms with E-state index in [1.54, 1.807) is 0 Å². The van der Waals surface area contributed by atoms with Crippen LogP contribution in [0.25, 0.3) is 0 Å². The van der Waals surface area contributed by atoms with E-state index in [4.69, 9.17) is 0 Å². The molecule has 2 aliphatic carbocycles. The summed E-state index contributed by atoms with van der Waals surface area (Å²) >= 11 is 0. The lowest BCUT2D eigenvalue weighted by molar-refractivity contribution is -0.133. The molecule has 0 aromatic carbocycles. The van der Waals surface area contributed by atoms with Gasteiger partial charge in [-0.15, -0.1) is 0 Å². The first-order valence-corrected chi connectivity index (χ1v) is 8.67. The molecule has 3 nitrogen and oxygen atoms in total. The van der Waals surface area contributed by atoms with Crippen LogP contribution in [0.2, 0.25) is 0 Å². The fourth-order valence-electron chi connectivity index (χ4n) is 3.76. The second-order valence-electron chi connectivity index (χ2n) is 7.81. The number of hydrogen-bond acceptors (Lipinski definition) is 2. The molecule has 0 amide bonds. The number of aliphatic carboxylic acids is 1. The summed E-state index contributed by atoms with van der Waals surface area (Å²) < 4.78 is 0. The fraction of sp³-hybridized carbons (Fsp3) is 0.650. The topological polar surface area (TPSA) is 57.5 Å². The van der Waals surface area contributed by atoms with Crippen LogP contribution in [0.3, 0.4) is 0 Å². The highest BCUT2D eigenvalue weighted by atomic mass is 16.4. The number of aliphatic hydroxyl groups is 1. The minimum atomic E-state index is -0.992. The van der Waals surface area contributed by atoms with Crippen molar-refractivity contribution in [2.75, 3.05) is 0 Å². The van der Waals surface area contributed by atoms with Crippen molar-refractivity contribution in [3.8, 4) is 0 Å². The highest BCUT2D eigenvalue weighted by molar-refractivity contribution is 5.87. The van der Waals surface area contributed by atoms with Crippen molar-refractivity contribution in [3.63, 3.8) is 0 Å². The molecule has 0 spiro atoms. The normalized spacial score (nSPS) is 31.9. The van der Waals surface area contributed by atoms with Gasteiger partial charge in [0.25, 0.3) is 0 Å². The lowest BCUT2D eigenvalue weighted by Gasteiger charge is -2.11. The van der Waals surface area contributed by atoms with Crippen molar-refractivity contribution in [1.82, 2.24) is 0 Å². The van der Waals surface area contributed by atoms with Crippen molar-refractivity contribution >= 4 is 5.97 Å². The van der Waals surface area contributed by atoms with Crippen LogP contribution in [0.15, 0.2) is 34.9 Å². The van der Waals surface area contributed by atoms with E-state index >= 15 is 0 Å². The van der Waals surface area contributed by atoms with Gasteiger partial charge in [-0.3, -0.25) is 0 Å². The summed E-state index contributed by atoms with van der Waals surface area (Å²) in [7, 11) is 0. The van der Waals surface area contributed by atoms with Gasteiger partial charge in [0, 0.05) is 0 Å². The molecule has 3 atom stereocenters. The number of fused-ring (bicyclic) bond motifs is 1. The summed E-state index contributed by atoms with van der Waals surface area (Å²) in [6.07, 6.45) is 9.74. The Morgan fingerprint density at radius 2 is 1.83 bits per heavy atom. The number of aliphatic hydroxyl groups excluding tert-OH is 1. The molecule has 0 bridgehead atoms. The number of hydrogen-bond donors (Lipinski definition) is 2. The monoisotopic (exact) mass is 318 g/mol. The third kappa shape index (κ3) is 4.35. The maximum absolute atomic E-state index is 11.6. The first-order chi connectivity index (χ1) is 10.7. The Kier molecular flexibility index (Phi) is 5.51. The maximum atomic E-state index is 11.6. The smallest absolute Gasteiger partial charge is 0.333 e. The standard InChI is InChI=1S/C20H30O3/c1-13-6-5-7-14(2)9-11-18(21)15(19(22)23)12-17-16(10-8-13)20(17,3)4/h6,9,12,16-18,21H,5,7-8,10-11H2,1-4H3,(H,22,23). The molecule has 2 rings (SSSR count). The van der Waals surface area contributed by atoms with Crippen LogP contribution < -0.4 is 0 Å². The number of carbonyl (C=O) groups is 1. The van der Waals surface area contributed by atoms with E-state index in [0.717, 1.165) is 25.7 Å². The van der Waals surface area contributed by atoms with E-state index in [1.165, 1.54) is 11.1 Å². The molecule has 2 aliphatic rings. The van der Waals surface area contributed by atoms with Crippen molar-refractivity contribution in [1.29, 1.82) is 0 Å². The minimum absolute atomic E-state index is 0.132. The average molecular weight is 318 g/mol. The Hall–Kier alpha value is -1.35. The Morgan fingerprint density at radius 1 is 1.17 bits per heavy atom. The zero-order chi connectivity index (χ0) is 17.2. The van der Waals surface area contributed by atoms with Crippen LogP contribution in [0.1, 0.15) is 59.8 Å². The van der Waals surface area contributed by atoms with Gasteiger partial charge in [-0.25, -0.2) is 4.79 Å². The molecular weight excluding hydrogens is 288 g/mol. The second kappa shape index (κ2) is 7.04. The molecule has 128 valence electrons.